The van der Waals surface area contributed by atoms with Crippen LogP contribution in [-0.2, 0) is 0 Å². The maximum absolute atomic E-state index is 4.89. The van der Waals surface area contributed by atoms with Gasteiger partial charge in [-0.3, -0.25) is 9.38 Å². The largest absolute Gasteiger partial charge is 0.309 e. The lowest BCUT2D eigenvalue weighted by Crippen LogP contribution is -1.95. The molecule has 0 atom stereocenters. The zero-order chi connectivity index (χ0) is 24.5. The molecule has 0 aliphatic rings. The maximum atomic E-state index is 4.89. The molecule has 0 N–H and O–H groups in total. The number of fused-ring (bicyclic) bond motifs is 9. The average Bonchev–Trinajstić information content (AvgIpc) is 3.57. The van der Waals surface area contributed by atoms with Gasteiger partial charge in [0.15, 0.2) is 0 Å². The van der Waals surface area contributed by atoms with Gasteiger partial charge in [0.2, 0.25) is 0 Å². The van der Waals surface area contributed by atoms with Crippen LogP contribution >= 0.6 is 0 Å². The van der Waals surface area contributed by atoms with Crippen molar-refractivity contribution in [1.29, 1.82) is 0 Å². The van der Waals surface area contributed by atoms with Crippen LogP contribution in [0.3, 0.4) is 0 Å². The smallest absolute Gasteiger partial charge is 0.146 e. The van der Waals surface area contributed by atoms with Gasteiger partial charge in [0, 0.05) is 45.3 Å². The summed E-state index contributed by atoms with van der Waals surface area (Å²) in [7, 11) is 0. The molecule has 0 unspecified atom stereocenters. The third-order valence-corrected chi connectivity index (χ3v) is 7.45. The molecule has 0 aliphatic heterocycles. The van der Waals surface area contributed by atoms with Crippen LogP contribution in [0.1, 0.15) is 5.69 Å². The zero-order valence-corrected chi connectivity index (χ0v) is 20.3. The lowest BCUT2D eigenvalue weighted by molar-refractivity contribution is 1.18. The molecule has 8 rings (SSSR count). The Morgan fingerprint density at radius 2 is 1.32 bits per heavy atom. The van der Waals surface area contributed by atoms with Crippen LogP contribution in [0.5, 0.6) is 0 Å². The molecule has 4 heteroatoms. The van der Waals surface area contributed by atoms with E-state index in [9.17, 15) is 0 Å². The third-order valence-electron chi connectivity index (χ3n) is 7.45. The van der Waals surface area contributed by atoms with Crippen LogP contribution in [0, 0.1) is 6.92 Å². The fraction of sp³-hybridized carbons (Fsp3) is 0.0303. The number of pyridine rings is 2. The molecule has 4 aromatic carbocycles. The van der Waals surface area contributed by atoms with E-state index in [2.05, 4.69) is 117 Å². The monoisotopic (exact) mass is 474 g/mol. The molecule has 4 aromatic heterocycles. The number of aromatic nitrogens is 4. The van der Waals surface area contributed by atoms with E-state index < -0.39 is 0 Å². The Bertz CT molecular complexity index is 2110. The number of imidazole rings is 1. The van der Waals surface area contributed by atoms with Crippen LogP contribution in [0.4, 0.5) is 0 Å². The van der Waals surface area contributed by atoms with Crippen molar-refractivity contribution in [2.24, 2.45) is 0 Å². The van der Waals surface area contributed by atoms with Gasteiger partial charge in [-0.15, -0.1) is 0 Å². The quantitative estimate of drug-likeness (QED) is 0.237. The van der Waals surface area contributed by atoms with Gasteiger partial charge >= 0.3 is 0 Å². The van der Waals surface area contributed by atoms with Crippen LogP contribution in [0.25, 0.3) is 66.1 Å². The van der Waals surface area contributed by atoms with E-state index in [0.717, 1.165) is 44.4 Å². The topological polar surface area (TPSA) is 35.1 Å². The fourth-order valence-electron chi connectivity index (χ4n) is 5.78. The van der Waals surface area contributed by atoms with Crippen molar-refractivity contribution in [2.75, 3.05) is 0 Å². The number of hydrogen-bond acceptors (Lipinski definition) is 2. The lowest BCUT2D eigenvalue weighted by Gasteiger charge is -2.12. The molecular weight excluding hydrogens is 452 g/mol. The highest BCUT2D eigenvalue weighted by molar-refractivity contribution is 6.11. The Hall–Kier alpha value is -4.96. The van der Waals surface area contributed by atoms with Crippen LogP contribution < -0.4 is 0 Å². The first kappa shape index (κ1) is 20.3. The normalized spacial score (nSPS) is 11.9. The van der Waals surface area contributed by atoms with Crippen molar-refractivity contribution in [1.82, 2.24) is 18.9 Å². The molecule has 4 heterocycles. The predicted molar refractivity (Wildman–Crippen MR) is 153 cm³/mol. The number of nitrogens with zero attached hydrogens (tertiary/aromatic N) is 4. The molecule has 37 heavy (non-hydrogen) atoms. The minimum atomic E-state index is 0.936. The summed E-state index contributed by atoms with van der Waals surface area (Å²) in [5, 5.41) is 4.74. The number of rotatable bonds is 2. The molecule has 4 nitrogen and oxygen atoms in total. The Balaban J connectivity index is 1.37. The van der Waals surface area contributed by atoms with Gasteiger partial charge in [0.25, 0.3) is 0 Å². The molecule has 0 bridgehead atoms. The van der Waals surface area contributed by atoms with Gasteiger partial charge in [-0.2, -0.15) is 0 Å². The van der Waals surface area contributed by atoms with Gasteiger partial charge in [-0.05, 0) is 60.5 Å². The predicted octanol–water partition coefficient (Wildman–Crippen LogP) is 8.11. The number of para-hydroxylation sites is 2. The molecule has 0 radical (unpaired) electrons. The Labute approximate surface area is 213 Å². The summed E-state index contributed by atoms with van der Waals surface area (Å²) in [5.41, 5.74) is 9.97. The Morgan fingerprint density at radius 1 is 0.595 bits per heavy atom. The van der Waals surface area contributed by atoms with Crippen molar-refractivity contribution in [3.8, 4) is 16.8 Å². The van der Waals surface area contributed by atoms with Crippen LogP contribution in [0.15, 0.2) is 116 Å². The summed E-state index contributed by atoms with van der Waals surface area (Å²) in [6.07, 6.45) is 3.90. The first-order valence-corrected chi connectivity index (χ1v) is 12.5. The summed E-state index contributed by atoms with van der Waals surface area (Å²) in [6.45, 7) is 2.04. The fourth-order valence-corrected chi connectivity index (χ4v) is 5.78. The van der Waals surface area contributed by atoms with Gasteiger partial charge in [0.1, 0.15) is 5.65 Å². The highest BCUT2D eigenvalue weighted by atomic mass is 15.0. The van der Waals surface area contributed by atoms with Crippen molar-refractivity contribution < 1.29 is 0 Å². The molecule has 0 spiro atoms. The van der Waals surface area contributed by atoms with E-state index in [0.29, 0.717) is 0 Å². The standard InChI is InChI=1S/C33H22N4/c1-21-13-15-28-32(35-21)27-16-14-23(20-31(27)36-18-17-34-33(28)36)22-7-6-8-24(19-22)37-29-11-4-2-9-25(29)26-10-3-5-12-30(26)37/h2-20H,1H3. The third kappa shape index (κ3) is 2.90. The van der Waals surface area contributed by atoms with E-state index >= 15 is 0 Å². The SMILES string of the molecule is Cc1ccc2c(n1)c1ccc(-c3cccc(-n4c5ccccc5c5ccccc54)c3)cc1n1ccnc21. The Kier molecular flexibility index (Phi) is 4.12. The van der Waals surface area contributed by atoms with Crippen molar-refractivity contribution in [3.05, 3.63) is 121 Å². The van der Waals surface area contributed by atoms with Gasteiger partial charge in [-0.25, -0.2) is 4.98 Å². The van der Waals surface area contributed by atoms with E-state index in [1.54, 1.807) is 0 Å². The molecule has 0 saturated heterocycles. The van der Waals surface area contributed by atoms with Gasteiger partial charge in [0.05, 0.1) is 22.1 Å². The molecule has 0 fully saturated rings. The van der Waals surface area contributed by atoms with E-state index in [-0.39, 0.29) is 0 Å². The molecule has 8 aromatic rings. The van der Waals surface area contributed by atoms with E-state index in [4.69, 9.17) is 4.98 Å². The number of aryl methyl sites for hydroxylation is 1. The van der Waals surface area contributed by atoms with Crippen molar-refractivity contribution in [3.63, 3.8) is 0 Å². The summed E-state index contributed by atoms with van der Waals surface area (Å²) >= 11 is 0. The van der Waals surface area contributed by atoms with Crippen molar-refractivity contribution in [2.45, 2.75) is 6.92 Å². The highest BCUT2D eigenvalue weighted by Gasteiger charge is 2.14. The second-order valence-electron chi connectivity index (χ2n) is 9.62. The first-order chi connectivity index (χ1) is 18.3. The Morgan fingerprint density at radius 3 is 2.14 bits per heavy atom. The maximum Gasteiger partial charge on any atom is 0.146 e. The highest BCUT2D eigenvalue weighted by Crippen LogP contribution is 2.35. The molecule has 0 saturated carbocycles. The second kappa shape index (κ2) is 7.52. The van der Waals surface area contributed by atoms with Crippen LogP contribution in [-0.4, -0.2) is 18.9 Å². The zero-order valence-electron chi connectivity index (χ0n) is 20.3. The summed E-state index contributed by atoms with van der Waals surface area (Å²) < 4.78 is 4.54. The first-order valence-electron chi connectivity index (χ1n) is 12.5. The molecule has 0 amide bonds. The van der Waals surface area contributed by atoms with E-state index in [1.165, 1.54) is 27.4 Å². The number of hydrogen-bond donors (Lipinski definition) is 0. The van der Waals surface area contributed by atoms with E-state index in [1.807, 2.05) is 19.3 Å². The summed E-state index contributed by atoms with van der Waals surface area (Å²) in [4.78, 5) is 9.54. The average molecular weight is 475 g/mol. The van der Waals surface area contributed by atoms with Gasteiger partial charge < -0.3 is 4.57 Å². The molecular formula is C33H22N4. The summed E-state index contributed by atoms with van der Waals surface area (Å²) in [5.74, 6) is 0. The second-order valence-corrected chi connectivity index (χ2v) is 9.62. The minimum absolute atomic E-state index is 0.936. The number of benzene rings is 4. The molecule has 0 aliphatic carbocycles. The van der Waals surface area contributed by atoms with Crippen molar-refractivity contribution >= 4 is 49.3 Å². The summed E-state index contributed by atoms with van der Waals surface area (Å²) in [6, 6.07) is 36.9. The molecule has 174 valence electrons. The minimum Gasteiger partial charge on any atom is -0.309 e. The van der Waals surface area contributed by atoms with Gasteiger partial charge in [-0.1, -0.05) is 60.7 Å². The lowest BCUT2D eigenvalue weighted by atomic mass is 10.0. The van der Waals surface area contributed by atoms with Crippen LogP contribution in [0.2, 0.25) is 0 Å².